The van der Waals surface area contributed by atoms with Gasteiger partial charge in [-0.25, -0.2) is 0 Å². The molecule has 0 radical (unpaired) electrons. The lowest BCUT2D eigenvalue weighted by atomic mass is 9.83. The summed E-state index contributed by atoms with van der Waals surface area (Å²) >= 11 is 0. The second-order valence-electron chi connectivity index (χ2n) is 5.29. The fraction of sp³-hybridized carbons (Fsp3) is 0.571. The van der Waals surface area contributed by atoms with Crippen molar-refractivity contribution in [2.75, 3.05) is 13.2 Å². The fourth-order valence-corrected chi connectivity index (χ4v) is 2.39. The second-order valence-corrected chi connectivity index (χ2v) is 5.29. The van der Waals surface area contributed by atoms with Gasteiger partial charge in [0.05, 0.1) is 17.8 Å². The number of aliphatic hydroxyl groups is 1. The van der Waals surface area contributed by atoms with Gasteiger partial charge in [-0.1, -0.05) is 12.1 Å². The van der Waals surface area contributed by atoms with Crippen molar-refractivity contribution < 1.29 is 23.0 Å². The lowest BCUT2D eigenvalue weighted by Gasteiger charge is -2.29. The van der Waals surface area contributed by atoms with Gasteiger partial charge in [0.25, 0.3) is 0 Å². The van der Waals surface area contributed by atoms with Crippen LogP contribution >= 0.6 is 0 Å². The van der Waals surface area contributed by atoms with Gasteiger partial charge in [-0.15, -0.1) is 0 Å². The molecule has 0 spiro atoms. The number of alkyl halides is 3. The standard InChI is InChI=1S/C14H17F3O2/c1-13(18,12-6-7-19-9-12)8-10-2-4-11(5-3-10)14(15,16)17/h2-5,12,18H,6-9H2,1H3. The van der Waals surface area contributed by atoms with E-state index in [4.69, 9.17) is 4.74 Å². The molecular weight excluding hydrogens is 257 g/mol. The molecule has 1 saturated heterocycles. The highest BCUT2D eigenvalue weighted by Crippen LogP contribution is 2.31. The Bertz CT molecular complexity index is 417. The van der Waals surface area contributed by atoms with Crippen LogP contribution in [0.25, 0.3) is 0 Å². The highest BCUT2D eigenvalue weighted by Gasteiger charge is 2.35. The van der Waals surface area contributed by atoms with Crippen molar-refractivity contribution in [1.82, 2.24) is 0 Å². The summed E-state index contributed by atoms with van der Waals surface area (Å²) in [5, 5.41) is 10.4. The number of hydrogen-bond donors (Lipinski definition) is 1. The largest absolute Gasteiger partial charge is 0.416 e. The van der Waals surface area contributed by atoms with Crippen LogP contribution in [0.2, 0.25) is 0 Å². The van der Waals surface area contributed by atoms with Gasteiger partial charge >= 0.3 is 6.18 Å². The molecule has 1 aromatic rings. The molecule has 1 N–H and O–H groups in total. The smallest absolute Gasteiger partial charge is 0.389 e. The lowest BCUT2D eigenvalue weighted by Crippen LogP contribution is -2.37. The van der Waals surface area contributed by atoms with Gasteiger partial charge in [0.15, 0.2) is 0 Å². The molecule has 0 saturated carbocycles. The second kappa shape index (κ2) is 5.13. The van der Waals surface area contributed by atoms with E-state index in [-0.39, 0.29) is 5.92 Å². The van der Waals surface area contributed by atoms with Crippen molar-refractivity contribution >= 4 is 0 Å². The van der Waals surface area contributed by atoms with E-state index in [0.29, 0.717) is 25.2 Å². The predicted molar refractivity (Wildman–Crippen MR) is 64.7 cm³/mol. The maximum Gasteiger partial charge on any atom is 0.416 e. The summed E-state index contributed by atoms with van der Waals surface area (Å²) in [5.74, 6) is 0.0368. The van der Waals surface area contributed by atoms with Gasteiger partial charge in [-0.3, -0.25) is 0 Å². The van der Waals surface area contributed by atoms with Crippen LogP contribution in [0.4, 0.5) is 13.2 Å². The van der Waals surface area contributed by atoms with E-state index in [2.05, 4.69) is 0 Å². The van der Waals surface area contributed by atoms with Crippen molar-refractivity contribution in [2.45, 2.75) is 31.5 Å². The monoisotopic (exact) mass is 274 g/mol. The molecule has 19 heavy (non-hydrogen) atoms. The molecule has 1 fully saturated rings. The van der Waals surface area contributed by atoms with Crippen molar-refractivity contribution in [3.05, 3.63) is 35.4 Å². The van der Waals surface area contributed by atoms with E-state index < -0.39 is 17.3 Å². The average molecular weight is 274 g/mol. The summed E-state index contributed by atoms with van der Waals surface area (Å²) in [6.45, 7) is 2.85. The third-order valence-corrected chi connectivity index (χ3v) is 3.65. The van der Waals surface area contributed by atoms with Crippen LogP contribution in [0.5, 0.6) is 0 Å². The maximum atomic E-state index is 12.4. The molecule has 1 aromatic carbocycles. The molecule has 0 bridgehead atoms. The van der Waals surface area contributed by atoms with Gasteiger partial charge in [0.2, 0.25) is 0 Å². The van der Waals surface area contributed by atoms with Gasteiger partial charge in [-0.05, 0) is 31.0 Å². The third kappa shape index (κ3) is 3.48. The molecule has 2 rings (SSSR count). The number of rotatable bonds is 3. The third-order valence-electron chi connectivity index (χ3n) is 3.65. The van der Waals surface area contributed by atoms with E-state index in [1.165, 1.54) is 12.1 Å². The first-order valence-corrected chi connectivity index (χ1v) is 6.25. The molecule has 2 nitrogen and oxygen atoms in total. The molecule has 5 heteroatoms. The first kappa shape index (κ1) is 14.3. The summed E-state index contributed by atoms with van der Waals surface area (Å²) < 4.78 is 42.5. The molecule has 0 aliphatic carbocycles. The maximum absolute atomic E-state index is 12.4. The number of ether oxygens (including phenoxy) is 1. The van der Waals surface area contributed by atoms with Gasteiger partial charge < -0.3 is 9.84 Å². The highest BCUT2D eigenvalue weighted by molar-refractivity contribution is 5.25. The molecule has 1 aliphatic rings. The Labute approximate surface area is 110 Å². The highest BCUT2D eigenvalue weighted by atomic mass is 19.4. The first-order valence-electron chi connectivity index (χ1n) is 6.25. The van der Waals surface area contributed by atoms with E-state index in [9.17, 15) is 18.3 Å². The Morgan fingerprint density at radius 2 is 1.89 bits per heavy atom. The van der Waals surface area contributed by atoms with Crippen LogP contribution < -0.4 is 0 Å². The molecule has 0 aromatic heterocycles. The minimum absolute atomic E-state index is 0.0368. The van der Waals surface area contributed by atoms with E-state index >= 15 is 0 Å². The van der Waals surface area contributed by atoms with Crippen LogP contribution in [0.3, 0.4) is 0 Å². The minimum Gasteiger partial charge on any atom is -0.389 e. The Hall–Kier alpha value is -1.07. The van der Waals surface area contributed by atoms with Crippen LogP contribution in [-0.2, 0) is 17.3 Å². The average Bonchev–Trinajstić information content (AvgIpc) is 2.82. The topological polar surface area (TPSA) is 29.5 Å². The summed E-state index contributed by atoms with van der Waals surface area (Å²) in [5.41, 5.74) is -0.916. The Morgan fingerprint density at radius 3 is 2.37 bits per heavy atom. The molecular formula is C14H17F3O2. The summed E-state index contributed by atoms with van der Waals surface area (Å²) in [7, 11) is 0. The number of halogens is 3. The Morgan fingerprint density at radius 1 is 1.26 bits per heavy atom. The first-order chi connectivity index (χ1) is 8.79. The molecule has 1 aliphatic heterocycles. The molecule has 106 valence electrons. The lowest BCUT2D eigenvalue weighted by molar-refractivity contribution is -0.137. The number of benzene rings is 1. The quantitative estimate of drug-likeness (QED) is 0.918. The zero-order valence-electron chi connectivity index (χ0n) is 10.7. The van der Waals surface area contributed by atoms with Crippen LogP contribution in [0.1, 0.15) is 24.5 Å². The van der Waals surface area contributed by atoms with Crippen molar-refractivity contribution in [2.24, 2.45) is 5.92 Å². The predicted octanol–water partition coefficient (Wildman–Crippen LogP) is 3.04. The Balaban J connectivity index is 2.06. The van der Waals surface area contributed by atoms with Gasteiger partial charge in [-0.2, -0.15) is 13.2 Å². The van der Waals surface area contributed by atoms with E-state index in [0.717, 1.165) is 18.6 Å². The summed E-state index contributed by atoms with van der Waals surface area (Å²) in [6.07, 6.45) is -3.20. The fourth-order valence-electron chi connectivity index (χ4n) is 2.39. The normalized spacial score (nSPS) is 23.3. The van der Waals surface area contributed by atoms with Crippen molar-refractivity contribution in [3.63, 3.8) is 0 Å². The zero-order valence-corrected chi connectivity index (χ0v) is 10.7. The Kier molecular flexibility index (Phi) is 3.87. The zero-order chi connectivity index (χ0) is 14.1. The van der Waals surface area contributed by atoms with Crippen LogP contribution in [0, 0.1) is 5.92 Å². The van der Waals surface area contributed by atoms with Gasteiger partial charge in [0.1, 0.15) is 0 Å². The molecule has 1 heterocycles. The SMILES string of the molecule is CC(O)(Cc1ccc(C(F)(F)F)cc1)C1CCOC1. The van der Waals surface area contributed by atoms with E-state index in [1.54, 1.807) is 6.92 Å². The minimum atomic E-state index is -4.32. The number of hydrogen-bond acceptors (Lipinski definition) is 2. The van der Waals surface area contributed by atoms with E-state index in [1.807, 2.05) is 0 Å². The van der Waals surface area contributed by atoms with Gasteiger partial charge in [0, 0.05) is 18.9 Å². The molecule has 2 atom stereocenters. The summed E-state index contributed by atoms with van der Waals surface area (Å²) in [4.78, 5) is 0. The molecule has 0 amide bonds. The molecule has 2 unspecified atom stereocenters. The summed E-state index contributed by atoms with van der Waals surface area (Å²) in [6, 6.07) is 4.95. The van der Waals surface area contributed by atoms with Crippen molar-refractivity contribution in [1.29, 1.82) is 0 Å². The van der Waals surface area contributed by atoms with Crippen LogP contribution in [-0.4, -0.2) is 23.9 Å². The van der Waals surface area contributed by atoms with Crippen LogP contribution in [0.15, 0.2) is 24.3 Å². The van der Waals surface area contributed by atoms with Crippen molar-refractivity contribution in [3.8, 4) is 0 Å².